The number of nitrogens with zero attached hydrogens (tertiary/aromatic N) is 7. The number of hydrogen-bond donors (Lipinski definition) is 0. The number of para-hydroxylation sites is 5. The maximum absolute atomic E-state index is 5.36. The Morgan fingerprint density at radius 3 is 1.11 bits per heavy atom. The molecule has 5 aromatic heterocycles. The monoisotopic (exact) mass is 1160 g/mol. The van der Waals surface area contributed by atoms with Crippen LogP contribution >= 0.6 is 0 Å². The summed E-state index contributed by atoms with van der Waals surface area (Å²) in [5.74, 6) is 1.79. The second-order valence-corrected chi connectivity index (χ2v) is 24.8. The van der Waals surface area contributed by atoms with E-state index in [-0.39, 0.29) is 5.41 Å². The molecule has 0 aliphatic heterocycles. The lowest BCUT2D eigenvalue weighted by atomic mass is 9.82. The Morgan fingerprint density at radius 1 is 0.242 bits per heavy atom. The van der Waals surface area contributed by atoms with E-state index in [2.05, 4.69) is 293 Å². The average molecular weight is 1160 g/mol. The van der Waals surface area contributed by atoms with Gasteiger partial charge in [-0.25, -0.2) is 4.98 Å². The largest absolute Gasteiger partial charge is 0.309 e. The van der Waals surface area contributed by atoms with E-state index in [0.29, 0.717) is 17.6 Å². The highest BCUT2D eigenvalue weighted by molar-refractivity contribution is 6.24. The SMILES string of the molecule is CC1(C)c2ccc(-c3ccc4c(c3)c3cc5c(cc3n4-c3nc(-c4ccccc4)nc(-c4ccccc4)n3)c3ccccc3n5-c3ccccc3)cc2-c2cc(-c3ccc4c(c3)c3ccc5c6ccccc6n(-c6ccccc6)c5c3n4-c3ccccc3)ccc21. The zero-order valence-corrected chi connectivity index (χ0v) is 49.9. The summed E-state index contributed by atoms with van der Waals surface area (Å²) in [5, 5.41) is 9.45. The molecule has 0 saturated heterocycles. The molecular weight excluding hydrogens is 1110 g/mol. The van der Waals surface area contributed by atoms with Crippen LogP contribution in [-0.4, -0.2) is 33.2 Å². The predicted octanol–water partition coefficient (Wildman–Crippen LogP) is 21.2. The molecule has 0 atom stereocenters. The van der Waals surface area contributed by atoms with Gasteiger partial charge in [0.05, 0.1) is 44.1 Å². The predicted molar refractivity (Wildman–Crippen MR) is 376 cm³/mol. The quantitative estimate of drug-likeness (QED) is 0.152. The highest BCUT2D eigenvalue weighted by Gasteiger charge is 2.36. The third-order valence-electron chi connectivity index (χ3n) is 19.4. The normalized spacial score (nSPS) is 12.8. The highest BCUT2D eigenvalue weighted by Crippen LogP contribution is 2.52. The molecule has 0 radical (unpaired) electrons. The lowest BCUT2D eigenvalue weighted by Crippen LogP contribution is -2.14. The summed E-state index contributed by atoms with van der Waals surface area (Å²) >= 11 is 0. The molecule has 0 saturated carbocycles. The molecule has 0 spiro atoms. The number of aromatic nitrogens is 7. The second-order valence-electron chi connectivity index (χ2n) is 24.8. The van der Waals surface area contributed by atoms with Crippen molar-refractivity contribution in [2.24, 2.45) is 0 Å². The van der Waals surface area contributed by atoms with E-state index < -0.39 is 0 Å². The third-order valence-corrected chi connectivity index (χ3v) is 19.4. The molecule has 7 heteroatoms. The molecular formula is C84H55N7. The highest BCUT2D eigenvalue weighted by atomic mass is 15.2. The molecule has 0 N–H and O–H groups in total. The summed E-state index contributed by atoms with van der Waals surface area (Å²) < 4.78 is 9.60. The molecule has 426 valence electrons. The third kappa shape index (κ3) is 7.65. The van der Waals surface area contributed by atoms with Crippen LogP contribution in [0.4, 0.5) is 0 Å². The summed E-state index contributed by atoms with van der Waals surface area (Å²) in [6, 6.07) is 108. The van der Waals surface area contributed by atoms with E-state index in [1.54, 1.807) is 0 Å². The van der Waals surface area contributed by atoms with Crippen molar-refractivity contribution in [3.63, 3.8) is 0 Å². The van der Waals surface area contributed by atoms with Gasteiger partial charge in [0.15, 0.2) is 11.6 Å². The topological polar surface area (TPSA) is 58.4 Å². The first-order valence-corrected chi connectivity index (χ1v) is 31.3. The summed E-state index contributed by atoms with van der Waals surface area (Å²) in [7, 11) is 0. The van der Waals surface area contributed by atoms with Crippen LogP contribution in [0.15, 0.2) is 297 Å². The first-order valence-electron chi connectivity index (χ1n) is 31.3. The lowest BCUT2D eigenvalue weighted by molar-refractivity contribution is 0.660. The molecule has 19 rings (SSSR count). The van der Waals surface area contributed by atoms with E-state index in [9.17, 15) is 0 Å². The van der Waals surface area contributed by atoms with Crippen molar-refractivity contribution < 1.29 is 0 Å². The molecule has 1 aliphatic rings. The zero-order valence-electron chi connectivity index (χ0n) is 49.9. The number of rotatable bonds is 8. The smallest absolute Gasteiger partial charge is 0.238 e. The van der Waals surface area contributed by atoms with Crippen molar-refractivity contribution in [3.05, 3.63) is 308 Å². The van der Waals surface area contributed by atoms with Gasteiger partial charge in [-0.05, 0) is 142 Å². The van der Waals surface area contributed by atoms with Crippen molar-refractivity contribution in [1.29, 1.82) is 0 Å². The summed E-state index contributed by atoms with van der Waals surface area (Å²) in [5.41, 5.74) is 23.9. The van der Waals surface area contributed by atoms with Crippen molar-refractivity contribution in [2.75, 3.05) is 0 Å². The van der Waals surface area contributed by atoms with Crippen molar-refractivity contribution in [1.82, 2.24) is 33.2 Å². The zero-order chi connectivity index (χ0) is 60.1. The van der Waals surface area contributed by atoms with Crippen LogP contribution < -0.4 is 0 Å². The number of benzene rings is 13. The Bertz CT molecular complexity index is 5960. The summed E-state index contributed by atoms with van der Waals surface area (Å²) in [4.78, 5) is 15.8. The fraction of sp³-hybridized carbons (Fsp3) is 0.0357. The first kappa shape index (κ1) is 51.1. The van der Waals surface area contributed by atoms with E-state index >= 15 is 0 Å². The van der Waals surface area contributed by atoms with Crippen LogP contribution in [0, 0.1) is 0 Å². The second kappa shape index (κ2) is 19.5. The molecule has 1 aliphatic carbocycles. The standard InChI is InChI=1S/C84H55N7/c1-84(2)71-42-36-54(56-38-44-75-67(48-56)64-41-40-63-61-32-18-21-35-74(61)89(59-28-14-6-15-29-59)79(63)80(64)90(75)60-30-16-7-17-31-60)46-65(71)66-47-55(37-43-72(66)84)57-39-45-76-68(49-57)70-51-77-69(62-33-19-20-34-73(62)88(77)58-26-12-5-13-27-58)50-78(70)91(76)83-86-81(52-22-8-3-9-23-52)85-82(87-83)53-24-10-4-11-25-53/h3-51H,1-2H3. The summed E-state index contributed by atoms with van der Waals surface area (Å²) in [6.45, 7) is 4.75. The van der Waals surface area contributed by atoms with Crippen LogP contribution in [0.2, 0.25) is 0 Å². The van der Waals surface area contributed by atoms with E-state index in [0.717, 1.165) is 77.5 Å². The van der Waals surface area contributed by atoms with E-state index in [1.807, 2.05) is 36.4 Å². The Labute approximate surface area is 524 Å². The minimum atomic E-state index is -0.209. The number of fused-ring (bicyclic) bond motifs is 16. The minimum absolute atomic E-state index is 0.209. The molecule has 7 nitrogen and oxygen atoms in total. The lowest BCUT2D eigenvalue weighted by Gasteiger charge is -2.21. The van der Waals surface area contributed by atoms with Crippen molar-refractivity contribution >= 4 is 87.2 Å². The van der Waals surface area contributed by atoms with Crippen LogP contribution in [0.5, 0.6) is 0 Å². The van der Waals surface area contributed by atoms with Gasteiger partial charge in [-0.3, -0.25) is 4.57 Å². The Hall–Kier alpha value is -11.9. The van der Waals surface area contributed by atoms with Gasteiger partial charge in [0.2, 0.25) is 5.95 Å². The summed E-state index contributed by atoms with van der Waals surface area (Å²) in [6.07, 6.45) is 0. The van der Waals surface area contributed by atoms with Gasteiger partial charge in [0.1, 0.15) is 0 Å². The van der Waals surface area contributed by atoms with E-state index in [4.69, 9.17) is 15.0 Å². The first-order chi connectivity index (χ1) is 44.9. The van der Waals surface area contributed by atoms with Gasteiger partial charge in [-0.1, -0.05) is 214 Å². The molecule has 0 bridgehead atoms. The molecule has 0 amide bonds. The van der Waals surface area contributed by atoms with Gasteiger partial charge in [0, 0.05) is 76.7 Å². The average Bonchev–Trinajstić information content (AvgIpc) is 1.57. The molecule has 18 aromatic rings. The Morgan fingerprint density at radius 2 is 0.593 bits per heavy atom. The fourth-order valence-corrected chi connectivity index (χ4v) is 15.2. The Balaban J connectivity index is 0.792. The minimum Gasteiger partial charge on any atom is -0.309 e. The van der Waals surface area contributed by atoms with E-state index in [1.165, 1.54) is 82.4 Å². The molecule has 5 heterocycles. The maximum atomic E-state index is 5.36. The number of hydrogen-bond acceptors (Lipinski definition) is 3. The van der Waals surface area contributed by atoms with Gasteiger partial charge in [0.25, 0.3) is 0 Å². The van der Waals surface area contributed by atoms with Gasteiger partial charge < -0.3 is 13.7 Å². The van der Waals surface area contributed by atoms with Crippen LogP contribution in [0.25, 0.3) is 166 Å². The van der Waals surface area contributed by atoms with Gasteiger partial charge in [-0.2, -0.15) is 9.97 Å². The molecule has 91 heavy (non-hydrogen) atoms. The maximum Gasteiger partial charge on any atom is 0.238 e. The molecule has 0 unspecified atom stereocenters. The molecule has 0 fully saturated rings. The van der Waals surface area contributed by atoms with Crippen LogP contribution in [-0.2, 0) is 5.41 Å². The molecule has 13 aromatic carbocycles. The van der Waals surface area contributed by atoms with Crippen molar-refractivity contribution in [2.45, 2.75) is 19.3 Å². The van der Waals surface area contributed by atoms with Crippen LogP contribution in [0.3, 0.4) is 0 Å². The van der Waals surface area contributed by atoms with Crippen LogP contribution in [0.1, 0.15) is 25.0 Å². The fourth-order valence-electron chi connectivity index (χ4n) is 15.2. The van der Waals surface area contributed by atoms with Gasteiger partial charge in [-0.15, -0.1) is 0 Å². The van der Waals surface area contributed by atoms with Gasteiger partial charge >= 0.3 is 0 Å². The Kier molecular flexibility index (Phi) is 11.0. The van der Waals surface area contributed by atoms with Crippen molar-refractivity contribution in [3.8, 4) is 79.2 Å².